The standard InChI is InChI=1S/C16H20N2S2/c1-2-14-3-5-15(6-4-14)16(19-11-12-20-16)7-9-18-10-8-17-13-18/h3-6,8,10,13H,2,7,9,11-12H2,1H3. The van der Waals surface area contributed by atoms with Crippen LogP contribution in [-0.4, -0.2) is 21.1 Å². The molecule has 1 fully saturated rings. The van der Waals surface area contributed by atoms with Crippen molar-refractivity contribution in [2.45, 2.75) is 30.4 Å². The van der Waals surface area contributed by atoms with Crippen molar-refractivity contribution in [1.82, 2.24) is 9.55 Å². The summed E-state index contributed by atoms with van der Waals surface area (Å²) in [6.07, 6.45) is 8.10. The Morgan fingerprint density at radius 1 is 1.20 bits per heavy atom. The van der Waals surface area contributed by atoms with Gasteiger partial charge in [0.25, 0.3) is 0 Å². The first kappa shape index (κ1) is 14.1. The van der Waals surface area contributed by atoms with Gasteiger partial charge in [0, 0.05) is 30.4 Å². The summed E-state index contributed by atoms with van der Waals surface area (Å²) in [6.45, 7) is 3.25. The van der Waals surface area contributed by atoms with Crippen molar-refractivity contribution in [2.75, 3.05) is 11.5 Å². The Balaban J connectivity index is 1.79. The van der Waals surface area contributed by atoms with E-state index in [9.17, 15) is 0 Å². The minimum atomic E-state index is 0.233. The average Bonchev–Trinajstić information content (AvgIpc) is 3.17. The molecule has 1 saturated heterocycles. The van der Waals surface area contributed by atoms with Crippen molar-refractivity contribution in [3.63, 3.8) is 0 Å². The first-order valence-corrected chi connectivity index (χ1v) is 9.12. The van der Waals surface area contributed by atoms with E-state index in [-0.39, 0.29) is 4.08 Å². The van der Waals surface area contributed by atoms with Crippen LogP contribution >= 0.6 is 23.5 Å². The number of aromatic nitrogens is 2. The van der Waals surface area contributed by atoms with Crippen molar-refractivity contribution >= 4 is 23.5 Å². The number of thioether (sulfide) groups is 2. The largest absolute Gasteiger partial charge is 0.337 e. The topological polar surface area (TPSA) is 17.8 Å². The lowest BCUT2D eigenvalue weighted by molar-refractivity contribution is 0.614. The summed E-state index contributed by atoms with van der Waals surface area (Å²) < 4.78 is 2.41. The molecule has 1 aliphatic heterocycles. The molecule has 0 radical (unpaired) electrons. The van der Waals surface area contributed by atoms with E-state index in [0.29, 0.717) is 0 Å². The van der Waals surface area contributed by atoms with E-state index in [1.54, 1.807) is 0 Å². The Hall–Kier alpha value is -0.870. The second-order valence-electron chi connectivity index (χ2n) is 5.05. The van der Waals surface area contributed by atoms with Crippen LogP contribution in [0, 0.1) is 0 Å². The summed E-state index contributed by atoms with van der Waals surface area (Å²) in [5, 5.41) is 0. The molecule has 2 nitrogen and oxygen atoms in total. The molecule has 1 aromatic heterocycles. The highest BCUT2D eigenvalue weighted by Crippen LogP contribution is 2.54. The van der Waals surface area contributed by atoms with Crippen LogP contribution in [0.2, 0.25) is 0 Å². The van der Waals surface area contributed by atoms with Crippen molar-refractivity contribution in [3.05, 3.63) is 54.1 Å². The van der Waals surface area contributed by atoms with Gasteiger partial charge in [-0.15, -0.1) is 23.5 Å². The monoisotopic (exact) mass is 304 g/mol. The maximum atomic E-state index is 4.13. The van der Waals surface area contributed by atoms with Crippen molar-refractivity contribution in [2.24, 2.45) is 0 Å². The highest BCUT2D eigenvalue weighted by Gasteiger charge is 2.36. The van der Waals surface area contributed by atoms with E-state index < -0.39 is 0 Å². The van der Waals surface area contributed by atoms with Gasteiger partial charge in [-0.1, -0.05) is 31.2 Å². The SMILES string of the molecule is CCc1ccc(C2(CCn3ccnc3)SCCS2)cc1. The van der Waals surface area contributed by atoms with Crippen LogP contribution in [0.1, 0.15) is 24.5 Å². The molecule has 20 heavy (non-hydrogen) atoms. The summed E-state index contributed by atoms with van der Waals surface area (Å²) in [6, 6.07) is 9.23. The zero-order chi connectivity index (χ0) is 13.8. The van der Waals surface area contributed by atoms with Crippen LogP contribution in [0.15, 0.2) is 43.0 Å². The van der Waals surface area contributed by atoms with Crippen molar-refractivity contribution in [1.29, 1.82) is 0 Å². The molecule has 0 N–H and O–H groups in total. The molecule has 0 saturated carbocycles. The molecule has 1 aromatic carbocycles. The third-order valence-corrected chi connectivity index (χ3v) is 7.41. The van der Waals surface area contributed by atoms with Gasteiger partial charge < -0.3 is 4.57 Å². The fraction of sp³-hybridized carbons (Fsp3) is 0.438. The summed E-state index contributed by atoms with van der Waals surface area (Å²) in [5.74, 6) is 2.51. The number of nitrogens with zero attached hydrogens (tertiary/aromatic N) is 2. The maximum Gasteiger partial charge on any atom is 0.0945 e. The van der Waals surface area contributed by atoms with Gasteiger partial charge in [0.1, 0.15) is 0 Å². The van der Waals surface area contributed by atoms with Gasteiger partial charge in [0.2, 0.25) is 0 Å². The Kier molecular flexibility index (Phi) is 4.41. The van der Waals surface area contributed by atoms with Crippen LogP contribution in [-0.2, 0) is 17.0 Å². The first-order chi connectivity index (χ1) is 9.82. The van der Waals surface area contributed by atoms with Gasteiger partial charge in [-0.3, -0.25) is 0 Å². The average molecular weight is 304 g/mol. The molecule has 2 heterocycles. The van der Waals surface area contributed by atoms with Gasteiger partial charge in [0.05, 0.1) is 10.4 Å². The van der Waals surface area contributed by atoms with Crippen molar-refractivity contribution < 1.29 is 0 Å². The third-order valence-electron chi connectivity index (χ3n) is 3.81. The first-order valence-electron chi connectivity index (χ1n) is 7.15. The summed E-state index contributed by atoms with van der Waals surface area (Å²) in [7, 11) is 0. The van der Waals surface area contributed by atoms with Crippen LogP contribution in [0.25, 0.3) is 0 Å². The minimum Gasteiger partial charge on any atom is -0.337 e. The van der Waals surface area contributed by atoms with Crippen LogP contribution in [0.3, 0.4) is 0 Å². The number of imidazole rings is 1. The summed E-state index contributed by atoms with van der Waals surface area (Å²) >= 11 is 4.21. The summed E-state index contributed by atoms with van der Waals surface area (Å²) in [5.41, 5.74) is 2.90. The molecule has 1 aliphatic rings. The Morgan fingerprint density at radius 2 is 1.95 bits per heavy atom. The normalized spacial score (nSPS) is 17.4. The molecule has 3 rings (SSSR count). The van der Waals surface area contributed by atoms with Crippen molar-refractivity contribution in [3.8, 4) is 0 Å². The van der Waals surface area contributed by atoms with Gasteiger partial charge in [0.15, 0.2) is 0 Å². The molecule has 0 aliphatic carbocycles. The number of benzene rings is 1. The van der Waals surface area contributed by atoms with Gasteiger partial charge in [-0.2, -0.15) is 0 Å². The fourth-order valence-electron chi connectivity index (χ4n) is 2.60. The molecular weight excluding hydrogens is 284 g/mol. The highest BCUT2D eigenvalue weighted by molar-refractivity contribution is 8.20. The molecule has 0 spiro atoms. The minimum absolute atomic E-state index is 0.233. The number of rotatable bonds is 5. The second kappa shape index (κ2) is 6.27. The quantitative estimate of drug-likeness (QED) is 0.825. The molecule has 2 aromatic rings. The number of aryl methyl sites for hydroxylation is 2. The molecule has 4 heteroatoms. The molecular formula is C16H20N2S2. The molecule has 0 unspecified atom stereocenters. The van der Waals surface area contributed by atoms with Crippen LogP contribution in [0.5, 0.6) is 0 Å². The van der Waals surface area contributed by atoms with E-state index >= 15 is 0 Å². The number of hydrogen-bond acceptors (Lipinski definition) is 3. The zero-order valence-corrected chi connectivity index (χ0v) is 13.4. The predicted octanol–water partition coefficient (Wildman–Crippen LogP) is 4.17. The third kappa shape index (κ3) is 2.91. The smallest absolute Gasteiger partial charge is 0.0945 e. The van der Waals surface area contributed by atoms with E-state index in [4.69, 9.17) is 0 Å². The van der Waals surface area contributed by atoms with E-state index in [0.717, 1.165) is 19.4 Å². The van der Waals surface area contributed by atoms with Gasteiger partial charge in [-0.25, -0.2) is 4.98 Å². The predicted molar refractivity (Wildman–Crippen MR) is 89.3 cm³/mol. The zero-order valence-electron chi connectivity index (χ0n) is 11.8. The highest BCUT2D eigenvalue weighted by atomic mass is 32.2. The van der Waals surface area contributed by atoms with Crippen LogP contribution in [0.4, 0.5) is 0 Å². The molecule has 0 amide bonds. The maximum absolute atomic E-state index is 4.13. The Morgan fingerprint density at radius 3 is 2.55 bits per heavy atom. The molecule has 0 bridgehead atoms. The second-order valence-corrected chi connectivity index (χ2v) is 8.10. The lowest BCUT2D eigenvalue weighted by Crippen LogP contribution is -2.17. The Labute approximate surface area is 129 Å². The van der Waals surface area contributed by atoms with Gasteiger partial charge in [-0.05, 0) is 24.0 Å². The van der Waals surface area contributed by atoms with E-state index in [1.165, 1.54) is 22.6 Å². The summed E-state index contributed by atoms with van der Waals surface area (Å²) in [4.78, 5) is 4.13. The van der Waals surface area contributed by atoms with Crippen LogP contribution < -0.4 is 0 Å². The van der Waals surface area contributed by atoms with E-state index in [1.807, 2.05) is 12.5 Å². The molecule has 106 valence electrons. The lowest BCUT2D eigenvalue weighted by atomic mass is 10.0. The van der Waals surface area contributed by atoms with Gasteiger partial charge >= 0.3 is 0 Å². The Bertz CT molecular complexity index is 528. The fourth-order valence-corrected chi connectivity index (χ4v) is 5.84. The van der Waals surface area contributed by atoms with E-state index in [2.05, 4.69) is 70.5 Å². The molecule has 0 atom stereocenters. The lowest BCUT2D eigenvalue weighted by Gasteiger charge is -2.28. The number of hydrogen-bond donors (Lipinski definition) is 0.